The number of hydrogen-bond acceptors (Lipinski definition) is 4. The zero-order valence-electron chi connectivity index (χ0n) is 8.55. The van der Waals surface area contributed by atoms with Gasteiger partial charge < -0.3 is 9.47 Å². The lowest BCUT2D eigenvalue weighted by Gasteiger charge is -2.21. The van der Waals surface area contributed by atoms with E-state index >= 15 is 0 Å². The first-order valence-corrected chi connectivity index (χ1v) is 4.81. The molecule has 1 aliphatic rings. The molecular weight excluding hydrogens is 198 g/mol. The number of esters is 1. The zero-order chi connectivity index (χ0) is 11.1. The van der Waals surface area contributed by atoms with Crippen LogP contribution in [-0.4, -0.2) is 25.4 Å². The minimum absolute atomic E-state index is 0.329. The molecule has 1 rings (SSSR count). The maximum Gasteiger partial charge on any atom is 0.330 e. The molecular formula is C9H13N3O3. The van der Waals surface area contributed by atoms with E-state index in [1.165, 1.54) is 6.08 Å². The molecule has 82 valence electrons. The van der Waals surface area contributed by atoms with Gasteiger partial charge in [-0.3, -0.25) is 0 Å². The minimum atomic E-state index is -0.659. The van der Waals surface area contributed by atoms with Crippen LogP contribution in [0.3, 0.4) is 0 Å². The molecule has 1 heterocycles. The van der Waals surface area contributed by atoms with Crippen molar-refractivity contribution in [2.75, 3.05) is 13.2 Å². The van der Waals surface area contributed by atoms with E-state index in [4.69, 9.17) is 15.0 Å². The fourth-order valence-corrected chi connectivity index (χ4v) is 1.33. The Balaban J connectivity index is 2.70. The maximum atomic E-state index is 11.2. The molecule has 0 aromatic carbocycles. The Labute approximate surface area is 87.5 Å². The molecule has 6 nitrogen and oxygen atoms in total. The first-order valence-electron chi connectivity index (χ1n) is 4.81. The van der Waals surface area contributed by atoms with Crippen LogP contribution in [0.2, 0.25) is 0 Å². The van der Waals surface area contributed by atoms with Crippen LogP contribution in [0.5, 0.6) is 0 Å². The van der Waals surface area contributed by atoms with Gasteiger partial charge >= 0.3 is 5.97 Å². The van der Waals surface area contributed by atoms with Gasteiger partial charge in [-0.05, 0) is 30.9 Å². The van der Waals surface area contributed by atoms with Crippen LogP contribution >= 0.6 is 0 Å². The summed E-state index contributed by atoms with van der Waals surface area (Å²) in [5.41, 5.74) is 8.99. The van der Waals surface area contributed by atoms with Crippen molar-refractivity contribution >= 4 is 5.97 Å². The fourth-order valence-electron chi connectivity index (χ4n) is 1.33. The van der Waals surface area contributed by atoms with E-state index in [2.05, 4.69) is 10.0 Å². The molecule has 1 fully saturated rings. The van der Waals surface area contributed by atoms with Crippen LogP contribution in [0.25, 0.3) is 10.4 Å². The average Bonchev–Trinajstić information content (AvgIpc) is 2.21. The number of carbonyl (C=O) groups excluding carboxylic acids is 1. The highest BCUT2D eigenvalue weighted by atomic mass is 16.5. The van der Waals surface area contributed by atoms with Crippen molar-refractivity contribution in [2.45, 2.75) is 26.0 Å². The third-order valence-corrected chi connectivity index (χ3v) is 1.95. The van der Waals surface area contributed by atoms with Crippen LogP contribution < -0.4 is 0 Å². The Hall–Kier alpha value is -1.52. The number of carbonyl (C=O) groups is 1. The molecule has 1 aliphatic heterocycles. The molecule has 0 aromatic rings. The van der Waals surface area contributed by atoms with E-state index in [1.54, 1.807) is 6.92 Å². The first kappa shape index (κ1) is 11.6. The van der Waals surface area contributed by atoms with Gasteiger partial charge in [0.1, 0.15) is 0 Å². The van der Waals surface area contributed by atoms with E-state index in [9.17, 15) is 4.79 Å². The Kier molecular flexibility index (Phi) is 4.66. The summed E-state index contributed by atoms with van der Waals surface area (Å²) in [5.74, 6) is -0.420. The van der Waals surface area contributed by atoms with E-state index in [-0.39, 0.29) is 0 Å². The quantitative estimate of drug-likeness (QED) is 0.235. The van der Waals surface area contributed by atoms with Gasteiger partial charge in [-0.2, -0.15) is 0 Å². The Bertz CT molecular complexity index is 308. The summed E-state index contributed by atoms with van der Waals surface area (Å²) >= 11 is 0. The van der Waals surface area contributed by atoms with Crippen molar-refractivity contribution in [2.24, 2.45) is 5.11 Å². The molecule has 0 N–H and O–H groups in total. The summed E-state index contributed by atoms with van der Waals surface area (Å²) in [6, 6.07) is 0. The van der Waals surface area contributed by atoms with Crippen LogP contribution in [0.1, 0.15) is 19.8 Å². The SMILES string of the molecule is CCOC(=O)/C=C1\CCCOC1N=[N+]=[N-]. The lowest BCUT2D eigenvalue weighted by Crippen LogP contribution is -2.20. The molecule has 1 unspecified atom stereocenters. The van der Waals surface area contributed by atoms with Crippen LogP contribution in [-0.2, 0) is 14.3 Å². The Morgan fingerprint density at radius 2 is 2.67 bits per heavy atom. The molecule has 0 bridgehead atoms. The highest BCUT2D eigenvalue weighted by Crippen LogP contribution is 2.21. The molecule has 0 spiro atoms. The topological polar surface area (TPSA) is 84.3 Å². The van der Waals surface area contributed by atoms with Crippen LogP contribution in [0.15, 0.2) is 16.8 Å². The van der Waals surface area contributed by atoms with Crippen molar-refractivity contribution in [1.29, 1.82) is 0 Å². The first-order chi connectivity index (χ1) is 7.27. The highest BCUT2D eigenvalue weighted by molar-refractivity contribution is 5.83. The largest absolute Gasteiger partial charge is 0.463 e. The number of azide groups is 1. The molecule has 0 saturated carbocycles. The molecule has 0 aliphatic carbocycles. The second-order valence-electron chi connectivity index (χ2n) is 3.00. The Morgan fingerprint density at radius 1 is 1.87 bits per heavy atom. The average molecular weight is 211 g/mol. The summed E-state index contributed by atoms with van der Waals surface area (Å²) in [6.45, 7) is 2.61. The molecule has 0 radical (unpaired) electrons. The van der Waals surface area contributed by atoms with Gasteiger partial charge in [0, 0.05) is 17.6 Å². The van der Waals surface area contributed by atoms with Gasteiger partial charge in [0.2, 0.25) is 0 Å². The molecule has 15 heavy (non-hydrogen) atoms. The maximum absolute atomic E-state index is 11.2. The van der Waals surface area contributed by atoms with E-state index < -0.39 is 12.2 Å². The smallest absolute Gasteiger partial charge is 0.330 e. The molecule has 1 saturated heterocycles. The van der Waals surface area contributed by atoms with Gasteiger partial charge in [0.05, 0.1) is 6.61 Å². The second kappa shape index (κ2) is 6.06. The second-order valence-corrected chi connectivity index (χ2v) is 3.00. The number of ether oxygens (including phenoxy) is 2. The van der Waals surface area contributed by atoms with Crippen molar-refractivity contribution < 1.29 is 14.3 Å². The zero-order valence-corrected chi connectivity index (χ0v) is 8.55. The summed E-state index contributed by atoms with van der Waals surface area (Å²) in [7, 11) is 0. The van der Waals surface area contributed by atoms with E-state index in [0.29, 0.717) is 25.2 Å². The minimum Gasteiger partial charge on any atom is -0.463 e. The summed E-state index contributed by atoms with van der Waals surface area (Å²) in [4.78, 5) is 13.8. The van der Waals surface area contributed by atoms with Gasteiger partial charge in [-0.15, -0.1) is 0 Å². The summed E-state index contributed by atoms with van der Waals surface area (Å²) in [5, 5.41) is 3.46. The Morgan fingerprint density at radius 3 is 3.33 bits per heavy atom. The molecule has 6 heteroatoms. The fraction of sp³-hybridized carbons (Fsp3) is 0.667. The predicted molar refractivity (Wildman–Crippen MR) is 52.8 cm³/mol. The van der Waals surface area contributed by atoms with Gasteiger partial charge in [-0.25, -0.2) is 4.79 Å². The van der Waals surface area contributed by atoms with Crippen molar-refractivity contribution in [3.8, 4) is 0 Å². The molecule has 0 aromatic heterocycles. The molecule has 0 amide bonds. The summed E-state index contributed by atoms with van der Waals surface area (Å²) in [6.07, 6.45) is 2.21. The van der Waals surface area contributed by atoms with Gasteiger partial charge in [0.25, 0.3) is 0 Å². The van der Waals surface area contributed by atoms with Crippen LogP contribution in [0, 0.1) is 0 Å². The van der Waals surface area contributed by atoms with Crippen molar-refractivity contribution in [3.05, 3.63) is 22.1 Å². The van der Waals surface area contributed by atoms with Crippen LogP contribution in [0.4, 0.5) is 0 Å². The predicted octanol–water partition coefficient (Wildman–Crippen LogP) is 1.92. The summed E-state index contributed by atoms with van der Waals surface area (Å²) < 4.78 is 9.98. The third-order valence-electron chi connectivity index (χ3n) is 1.95. The third kappa shape index (κ3) is 3.61. The highest BCUT2D eigenvalue weighted by Gasteiger charge is 2.19. The van der Waals surface area contributed by atoms with Crippen molar-refractivity contribution in [3.63, 3.8) is 0 Å². The standard InChI is InChI=1S/C9H13N3O3/c1-2-14-8(13)6-7-4-3-5-15-9(7)11-12-10/h6,9H,2-5H2,1H3/b7-6+. The number of nitrogens with zero attached hydrogens (tertiary/aromatic N) is 3. The molecule has 1 atom stereocenters. The van der Waals surface area contributed by atoms with E-state index in [1.807, 2.05) is 0 Å². The lowest BCUT2D eigenvalue weighted by molar-refractivity contribution is -0.137. The van der Waals surface area contributed by atoms with E-state index in [0.717, 1.165) is 6.42 Å². The number of hydrogen-bond donors (Lipinski definition) is 0. The van der Waals surface area contributed by atoms with Crippen molar-refractivity contribution in [1.82, 2.24) is 0 Å². The number of rotatable bonds is 3. The van der Waals surface area contributed by atoms with Gasteiger partial charge in [0.15, 0.2) is 6.23 Å². The lowest BCUT2D eigenvalue weighted by atomic mass is 10.1. The monoisotopic (exact) mass is 211 g/mol. The normalized spacial score (nSPS) is 23.3. The van der Waals surface area contributed by atoms with Gasteiger partial charge in [-0.1, -0.05) is 5.11 Å².